The summed E-state index contributed by atoms with van der Waals surface area (Å²) in [5.74, 6) is -0.403. The number of carbonyl (C=O) groups excluding carboxylic acids is 1. The van der Waals surface area contributed by atoms with E-state index in [0.717, 1.165) is 27.2 Å². The summed E-state index contributed by atoms with van der Waals surface area (Å²) >= 11 is 0. The lowest BCUT2D eigenvalue weighted by Crippen LogP contribution is -2.43. The van der Waals surface area contributed by atoms with Crippen LogP contribution in [0.25, 0.3) is 10.8 Å². The van der Waals surface area contributed by atoms with Crippen LogP contribution in [-0.4, -0.2) is 34.5 Å². The van der Waals surface area contributed by atoms with Crippen LogP contribution in [0.3, 0.4) is 0 Å². The van der Waals surface area contributed by atoms with Crippen molar-refractivity contribution in [1.29, 1.82) is 0 Å². The van der Waals surface area contributed by atoms with E-state index in [9.17, 15) is 17.6 Å². The second-order valence-corrected chi connectivity index (χ2v) is 9.66. The van der Waals surface area contributed by atoms with E-state index in [4.69, 9.17) is 4.74 Å². The fourth-order valence-electron chi connectivity index (χ4n) is 3.93. The standard InChI is InChI=1S/C27H25FN2O4S/c1-3-29(26-10-6-8-20-7-4-5-9-25(20)26)27(31)19-30(22-13-15-23(34-2)16-14-22)35(32,33)24-17-11-21(28)12-18-24/h4-18H,3,19H2,1-2H3. The smallest absolute Gasteiger partial charge is 0.264 e. The third kappa shape index (κ3) is 4.97. The third-order valence-corrected chi connectivity index (χ3v) is 7.50. The quantitative estimate of drug-likeness (QED) is 0.338. The molecule has 0 fully saturated rings. The van der Waals surface area contributed by atoms with Gasteiger partial charge in [0.05, 0.1) is 23.4 Å². The molecule has 0 radical (unpaired) electrons. The summed E-state index contributed by atoms with van der Waals surface area (Å²) in [5, 5.41) is 1.87. The molecule has 0 bridgehead atoms. The van der Waals surface area contributed by atoms with Crippen molar-refractivity contribution >= 4 is 38.1 Å². The largest absolute Gasteiger partial charge is 0.497 e. The lowest BCUT2D eigenvalue weighted by molar-refractivity contribution is -0.117. The lowest BCUT2D eigenvalue weighted by Gasteiger charge is -2.28. The maximum atomic E-state index is 13.6. The number of nitrogens with zero attached hydrogens (tertiary/aromatic N) is 2. The number of methoxy groups -OCH3 is 1. The number of hydrogen-bond acceptors (Lipinski definition) is 4. The van der Waals surface area contributed by atoms with Crippen molar-refractivity contribution in [3.8, 4) is 5.75 Å². The number of fused-ring (bicyclic) bond motifs is 1. The molecule has 0 heterocycles. The number of benzene rings is 4. The van der Waals surface area contributed by atoms with Gasteiger partial charge in [-0.2, -0.15) is 0 Å². The average molecular weight is 493 g/mol. The van der Waals surface area contributed by atoms with Crippen LogP contribution in [-0.2, 0) is 14.8 Å². The normalized spacial score (nSPS) is 11.3. The zero-order valence-corrected chi connectivity index (χ0v) is 20.2. The minimum atomic E-state index is -4.17. The Morgan fingerprint density at radius 2 is 1.54 bits per heavy atom. The highest BCUT2D eigenvalue weighted by molar-refractivity contribution is 7.92. The van der Waals surface area contributed by atoms with Gasteiger partial charge in [-0.05, 0) is 66.9 Å². The van der Waals surface area contributed by atoms with Crippen LogP contribution in [0.2, 0.25) is 0 Å². The van der Waals surface area contributed by atoms with Gasteiger partial charge in [0.1, 0.15) is 18.1 Å². The highest BCUT2D eigenvalue weighted by atomic mass is 32.2. The van der Waals surface area contributed by atoms with E-state index in [1.807, 2.05) is 49.4 Å². The van der Waals surface area contributed by atoms with E-state index in [2.05, 4.69) is 0 Å². The number of sulfonamides is 1. The summed E-state index contributed by atoms with van der Waals surface area (Å²) in [6, 6.07) is 24.3. The predicted octanol–water partition coefficient (Wildman–Crippen LogP) is 5.24. The highest BCUT2D eigenvalue weighted by Crippen LogP contribution is 2.29. The van der Waals surface area contributed by atoms with E-state index in [1.165, 1.54) is 19.2 Å². The van der Waals surface area contributed by atoms with Gasteiger partial charge in [-0.1, -0.05) is 36.4 Å². The molecule has 180 valence electrons. The Morgan fingerprint density at radius 1 is 0.886 bits per heavy atom. The molecule has 0 atom stereocenters. The zero-order valence-electron chi connectivity index (χ0n) is 19.4. The predicted molar refractivity (Wildman–Crippen MR) is 136 cm³/mol. The van der Waals surface area contributed by atoms with E-state index in [0.29, 0.717) is 18.0 Å². The topological polar surface area (TPSA) is 66.9 Å². The molecule has 0 aliphatic heterocycles. The zero-order chi connectivity index (χ0) is 25.0. The van der Waals surface area contributed by atoms with Crippen molar-refractivity contribution in [1.82, 2.24) is 0 Å². The molecule has 0 aliphatic carbocycles. The highest BCUT2D eigenvalue weighted by Gasteiger charge is 2.29. The molecule has 0 saturated carbocycles. The van der Waals surface area contributed by atoms with Gasteiger partial charge in [0.2, 0.25) is 5.91 Å². The van der Waals surface area contributed by atoms with E-state index < -0.39 is 28.3 Å². The first-order valence-corrected chi connectivity index (χ1v) is 12.5. The summed E-state index contributed by atoms with van der Waals surface area (Å²) in [4.78, 5) is 15.0. The molecule has 0 unspecified atom stereocenters. The summed E-state index contributed by atoms with van der Waals surface area (Å²) < 4.78 is 46.9. The summed E-state index contributed by atoms with van der Waals surface area (Å²) in [6.07, 6.45) is 0. The molecule has 4 aromatic rings. The van der Waals surface area contributed by atoms with Gasteiger partial charge in [0.15, 0.2) is 0 Å². The lowest BCUT2D eigenvalue weighted by atomic mass is 10.1. The second kappa shape index (κ2) is 10.1. The molecule has 8 heteroatoms. The Labute approximate surface area is 204 Å². The number of carbonyl (C=O) groups is 1. The molecular weight excluding hydrogens is 467 g/mol. The summed E-state index contributed by atoms with van der Waals surface area (Å²) in [7, 11) is -2.66. The van der Waals surface area contributed by atoms with E-state index in [1.54, 1.807) is 29.2 Å². The third-order valence-electron chi connectivity index (χ3n) is 5.72. The number of halogens is 1. The van der Waals surface area contributed by atoms with Crippen molar-refractivity contribution < 1.29 is 22.3 Å². The van der Waals surface area contributed by atoms with Crippen LogP contribution in [0.5, 0.6) is 5.75 Å². The van der Waals surface area contributed by atoms with Gasteiger partial charge in [-0.25, -0.2) is 12.8 Å². The molecule has 6 nitrogen and oxygen atoms in total. The maximum Gasteiger partial charge on any atom is 0.264 e. The molecule has 1 amide bonds. The minimum Gasteiger partial charge on any atom is -0.497 e. The molecule has 4 rings (SSSR count). The van der Waals surface area contributed by atoms with Gasteiger partial charge in [0.25, 0.3) is 10.0 Å². The molecule has 0 aliphatic rings. The fourth-order valence-corrected chi connectivity index (χ4v) is 5.34. The van der Waals surface area contributed by atoms with Crippen molar-refractivity contribution in [3.05, 3.63) is 96.8 Å². The summed E-state index contributed by atoms with van der Waals surface area (Å²) in [6.45, 7) is 1.74. The Balaban J connectivity index is 1.75. The van der Waals surface area contributed by atoms with Gasteiger partial charge in [-0.15, -0.1) is 0 Å². The fraction of sp³-hybridized carbons (Fsp3) is 0.148. The Kier molecular flexibility index (Phi) is 7.02. The first kappa shape index (κ1) is 24.2. The molecule has 4 aromatic carbocycles. The van der Waals surface area contributed by atoms with Crippen molar-refractivity contribution in [3.63, 3.8) is 0 Å². The van der Waals surface area contributed by atoms with Gasteiger partial charge in [-0.3, -0.25) is 9.10 Å². The SMILES string of the molecule is CCN(C(=O)CN(c1ccc(OC)cc1)S(=O)(=O)c1ccc(F)cc1)c1cccc2ccccc12. The van der Waals surface area contributed by atoms with Crippen molar-refractivity contribution in [2.75, 3.05) is 29.4 Å². The Morgan fingerprint density at radius 3 is 2.20 bits per heavy atom. The number of rotatable bonds is 8. The molecule has 0 saturated heterocycles. The van der Waals surface area contributed by atoms with Gasteiger partial charge in [0, 0.05) is 11.9 Å². The summed E-state index contributed by atoms with van der Waals surface area (Å²) in [5.41, 5.74) is 0.988. The number of ether oxygens (including phenoxy) is 1. The van der Waals surface area contributed by atoms with Gasteiger partial charge >= 0.3 is 0 Å². The second-order valence-electron chi connectivity index (χ2n) is 7.80. The number of hydrogen-bond donors (Lipinski definition) is 0. The molecular formula is C27H25FN2O4S. The van der Waals surface area contributed by atoms with Crippen LogP contribution < -0.4 is 13.9 Å². The van der Waals surface area contributed by atoms with Gasteiger partial charge < -0.3 is 9.64 Å². The number of anilines is 2. The van der Waals surface area contributed by atoms with Crippen molar-refractivity contribution in [2.24, 2.45) is 0 Å². The first-order valence-electron chi connectivity index (χ1n) is 11.1. The minimum absolute atomic E-state index is 0.115. The van der Waals surface area contributed by atoms with Crippen molar-refractivity contribution in [2.45, 2.75) is 11.8 Å². The molecule has 0 aromatic heterocycles. The number of amides is 1. The number of likely N-dealkylation sites (N-methyl/N-ethyl adjacent to an activating group) is 1. The molecule has 35 heavy (non-hydrogen) atoms. The Bertz CT molecular complexity index is 1430. The average Bonchev–Trinajstić information content (AvgIpc) is 2.88. The molecule has 0 N–H and O–H groups in total. The van der Waals surface area contributed by atoms with Crippen LogP contribution in [0, 0.1) is 5.82 Å². The van der Waals surface area contributed by atoms with E-state index >= 15 is 0 Å². The monoisotopic (exact) mass is 492 g/mol. The van der Waals surface area contributed by atoms with Crippen LogP contribution >= 0.6 is 0 Å². The maximum absolute atomic E-state index is 13.6. The first-order chi connectivity index (χ1) is 16.8. The van der Waals surface area contributed by atoms with E-state index in [-0.39, 0.29) is 10.6 Å². The van der Waals surface area contributed by atoms with Crippen LogP contribution in [0.1, 0.15) is 6.92 Å². The van der Waals surface area contributed by atoms with Crippen LogP contribution in [0.15, 0.2) is 95.9 Å². The Hall–Kier alpha value is -3.91. The molecule has 0 spiro atoms. The van der Waals surface area contributed by atoms with Crippen LogP contribution in [0.4, 0.5) is 15.8 Å².